The molecule has 0 fully saturated rings. The van der Waals surface area contributed by atoms with Gasteiger partial charge in [-0.25, -0.2) is 9.97 Å². The number of thiazole rings is 1. The van der Waals surface area contributed by atoms with Crippen molar-refractivity contribution in [1.82, 2.24) is 19.4 Å². The molecule has 0 aliphatic rings. The Hall–Kier alpha value is -3.07. The summed E-state index contributed by atoms with van der Waals surface area (Å²) in [7, 11) is 0. The Morgan fingerprint density at radius 1 is 1.27 bits per heavy atom. The first-order valence-corrected chi connectivity index (χ1v) is 7.22. The topological polar surface area (TPSA) is 114 Å². The molecular weight excluding hydrogens is 302 g/mol. The number of para-hydroxylation sites is 2. The standard InChI is InChI=1S/C13H9N7OS/c14-10-9(18-19-13-15-5-6-22-13)11(21)17-12-16-7-3-1-2-4-8(7)20(10)12/h1-6H,14H2,(H,16,17,21). The lowest BCUT2D eigenvalue weighted by Gasteiger charge is -2.02. The van der Waals surface area contributed by atoms with Crippen LogP contribution in [0.4, 0.5) is 16.6 Å². The highest BCUT2D eigenvalue weighted by atomic mass is 32.1. The number of nitrogen functional groups attached to an aromatic ring is 1. The van der Waals surface area contributed by atoms with Crippen molar-refractivity contribution in [3.8, 4) is 0 Å². The molecule has 0 aliphatic carbocycles. The fourth-order valence-electron chi connectivity index (χ4n) is 2.19. The van der Waals surface area contributed by atoms with Crippen molar-refractivity contribution in [2.24, 2.45) is 10.2 Å². The average molecular weight is 311 g/mol. The SMILES string of the molecule is Nc1c(N=Nc2nccs2)c(=O)[nH]c2nc3ccccc3n12. The van der Waals surface area contributed by atoms with Gasteiger partial charge in [0.05, 0.1) is 11.0 Å². The van der Waals surface area contributed by atoms with E-state index in [1.165, 1.54) is 11.3 Å². The Labute approximate surface area is 127 Å². The molecule has 9 heteroatoms. The van der Waals surface area contributed by atoms with Gasteiger partial charge in [-0.2, -0.15) is 0 Å². The Kier molecular flexibility index (Phi) is 2.73. The van der Waals surface area contributed by atoms with Gasteiger partial charge in [-0.3, -0.25) is 14.2 Å². The highest BCUT2D eigenvalue weighted by molar-refractivity contribution is 7.13. The minimum absolute atomic E-state index is 0.0332. The van der Waals surface area contributed by atoms with E-state index < -0.39 is 5.56 Å². The van der Waals surface area contributed by atoms with E-state index in [9.17, 15) is 4.79 Å². The highest BCUT2D eigenvalue weighted by Crippen LogP contribution is 2.25. The van der Waals surface area contributed by atoms with E-state index in [1.54, 1.807) is 16.0 Å². The summed E-state index contributed by atoms with van der Waals surface area (Å²) in [6.07, 6.45) is 1.61. The number of hydrogen-bond donors (Lipinski definition) is 2. The largest absolute Gasteiger partial charge is 0.383 e. The fourth-order valence-corrected chi connectivity index (χ4v) is 2.64. The van der Waals surface area contributed by atoms with E-state index >= 15 is 0 Å². The Balaban J connectivity index is 1.99. The molecule has 0 aliphatic heterocycles. The summed E-state index contributed by atoms with van der Waals surface area (Å²) in [4.78, 5) is 23.1. The number of hydrogen-bond acceptors (Lipinski definition) is 7. The van der Waals surface area contributed by atoms with E-state index in [4.69, 9.17) is 5.73 Å². The summed E-state index contributed by atoms with van der Waals surface area (Å²) in [5.41, 5.74) is 7.22. The second-order valence-corrected chi connectivity index (χ2v) is 5.34. The van der Waals surface area contributed by atoms with Gasteiger partial charge in [0.25, 0.3) is 5.56 Å². The first kappa shape index (κ1) is 12.7. The van der Waals surface area contributed by atoms with Gasteiger partial charge < -0.3 is 5.73 Å². The molecule has 3 N–H and O–H groups in total. The number of imidazole rings is 1. The molecule has 0 atom stereocenters. The van der Waals surface area contributed by atoms with Crippen molar-refractivity contribution < 1.29 is 0 Å². The maximum atomic E-state index is 12.1. The molecule has 0 bridgehead atoms. The van der Waals surface area contributed by atoms with Crippen molar-refractivity contribution in [3.63, 3.8) is 0 Å². The minimum Gasteiger partial charge on any atom is -0.383 e. The molecule has 0 unspecified atom stereocenters. The molecule has 3 heterocycles. The van der Waals surface area contributed by atoms with Gasteiger partial charge in [0.2, 0.25) is 10.9 Å². The predicted octanol–water partition coefficient (Wildman–Crippen LogP) is 2.63. The van der Waals surface area contributed by atoms with Crippen LogP contribution in [0.5, 0.6) is 0 Å². The number of fused-ring (bicyclic) bond motifs is 3. The second-order valence-electron chi connectivity index (χ2n) is 4.46. The van der Waals surface area contributed by atoms with E-state index in [2.05, 4.69) is 25.2 Å². The van der Waals surface area contributed by atoms with Crippen molar-refractivity contribution in [1.29, 1.82) is 0 Å². The normalized spacial score (nSPS) is 11.8. The maximum Gasteiger partial charge on any atom is 0.282 e. The van der Waals surface area contributed by atoms with Crippen LogP contribution in [0.1, 0.15) is 0 Å². The summed E-state index contributed by atoms with van der Waals surface area (Å²) in [6, 6.07) is 7.45. The van der Waals surface area contributed by atoms with Gasteiger partial charge in [-0.15, -0.1) is 21.6 Å². The van der Waals surface area contributed by atoms with Crippen LogP contribution in [0.15, 0.2) is 50.9 Å². The molecule has 0 amide bonds. The molecule has 0 saturated carbocycles. The zero-order valence-electron chi connectivity index (χ0n) is 11.1. The molecular formula is C13H9N7OS. The summed E-state index contributed by atoms with van der Waals surface area (Å²) in [5.74, 6) is 0.560. The van der Waals surface area contributed by atoms with Crippen molar-refractivity contribution in [2.75, 3.05) is 5.73 Å². The summed E-state index contributed by atoms with van der Waals surface area (Å²) in [5, 5.41) is 10.1. The van der Waals surface area contributed by atoms with Crippen LogP contribution < -0.4 is 11.3 Å². The van der Waals surface area contributed by atoms with Crippen LogP contribution in [0.3, 0.4) is 0 Å². The second kappa shape index (κ2) is 4.74. The quantitative estimate of drug-likeness (QED) is 0.554. The van der Waals surface area contributed by atoms with Crippen LogP contribution in [-0.4, -0.2) is 19.4 Å². The summed E-state index contributed by atoms with van der Waals surface area (Å²) < 4.78 is 1.65. The Morgan fingerprint density at radius 3 is 2.95 bits per heavy atom. The monoisotopic (exact) mass is 311 g/mol. The van der Waals surface area contributed by atoms with Gasteiger partial charge in [-0.1, -0.05) is 12.1 Å². The van der Waals surface area contributed by atoms with E-state index in [0.29, 0.717) is 10.9 Å². The fraction of sp³-hybridized carbons (Fsp3) is 0. The summed E-state index contributed by atoms with van der Waals surface area (Å²) in [6.45, 7) is 0. The molecule has 3 aromatic heterocycles. The smallest absolute Gasteiger partial charge is 0.282 e. The molecule has 1 aromatic carbocycles. The lowest BCUT2D eigenvalue weighted by atomic mass is 10.3. The molecule has 22 heavy (non-hydrogen) atoms. The Morgan fingerprint density at radius 2 is 2.14 bits per heavy atom. The molecule has 0 saturated heterocycles. The molecule has 108 valence electrons. The maximum absolute atomic E-state index is 12.1. The number of nitrogens with two attached hydrogens (primary N) is 1. The van der Waals surface area contributed by atoms with Gasteiger partial charge >= 0.3 is 0 Å². The number of nitrogens with one attached hydrogen (secondary N) is 1. The first-order valence-electron chi connectivity index (χ1n) is 6.34. The molecule has 0 radical (unpaired) electrons. The van der Waals surface area contributed by atoms with Crippen molar-refractivity contribution in [2.45, 2.75) is 0 Å². The molecule has 4 rings (SSSR count). The third kappa shape index (κ3) is 1.87. The number of aromatic nitrogens is 4. The number of nitrogens with zero attached hydrogens (tertiary/aromatic N) is 5. The third-order valence-corrected chi connectivity index (χ3v) is 3.80. The van der Waals surface area contributed by atoms with Gasteiger partial charge in [0, 0.05) is 11.6 Å². The van der Waals surface area contributed by atoms with E-state index in [0.717, 1.165) is 11.0 Å². The van der Waals surface area contributed by atoms with E-state index in [-0.39, 0.29) is 11.5 Å². The molecule has 8 nitrogen and oxygen atoms in total. The molecule has 4 aromatic rings. The lowest BCUT2D eigenvalue weighted by Crippen LogP contribution is -2.12. The number of rotatable bonds is 2. The van der Waals surface area contributed by atoms with Gasteiger partial charge in [-0.05, 0) is 12.1 Å². The first-order chi connectivity index (χ1) is 10.7. The zero-order valence-corrected chi connectivity index (χ0v) is 11.9. The molecule has 0 spiro atoms. The number of H-pyrrole nitrogens is 1. The predicted molar refractivity (Wildman–Crippen MR) is 84.0 cm³/mol. The zero-order chi connectivity index (χ0) is 15.1. The number of anilines is 1. The average Bonchev–Trinajstić information content (AvgIpc) is 3.13. The van der Waals surface area contributed by atoms with Gasteiger partial charge in [0.15, 0.2) is 5.69 Å². The Bertz CT molecular complexity index is 1060. The number of aromatic amines is 1. The van der Waals surface area contributed by atoms with Crippen LogP contribution in [-0.2, 0) is 0 Å². The van der Waals surface area contributed by atoms with Gasteiger partial charge in [0.1, 0.15) is 5.82 Å². The third-order valence-electron chi connectivity index (χ3n) is 3.14. The summed E-state index contributed by atoms with van der Waals surface area (Å²) >= 11 is 1.32. The van der Waals surface area contributed by atoms with Crippen LogP contribution in [0.2, 0.25) is 0 Å². The van der Waals surface area contributed by atoms with Crippen molar-refractivity contribution in [3.05, 3.63) is 46.2 Å². The number of benzene rings is 1. The lowest BCUT2D eigenvalue weighted by molar-refractivity contribution is 1.07. The van der Waals surface area contributed by atoms with Crippen molar-refractivity contribution >= 4 is 44.8 Å². The minimum atomic E-state index is -0.444. The van der Waals surface area contributed by atoms with Crippen LogP contribution >= 0.6 is 11.3 Å². The van der Waals surface area contributed by atoms with Crippen LogP contribution in [0, 0.1) is 0 Å². The van der Waals surface area contributed by atoms with E-state index in [1.807, 2.05) is 24.3 Å². The highest BCUT2D eigenvalue weighted by Gasteiger charge is 2.14. The number of azo groups is 1. The van der Waals surface area contributed by atoms with Crippen LogP contribution in [0.25, 0.3) is 16.8 Å².